The van der Waals surface area contributed by atoms with Gasteiger partial charge >= 0.3 is 22.7 Å². The summed E-state index contributed by atoms with van der Waals surface area (Å²) in [7, 11) is 0. The highest BCUT2D eigenvalue weighted by atomic mass is 79.9. The van der Waals surface area contributed by atoms with Crippen LogP contribution < -0.4 is 5.73 Å². The predicted molar refractivity (Wildman–Crippen MR) is 32.9 cm³/mol. The van der Waals surface area contributed by atoms with E-state index in [0.29, 0.717) is 0 Å². The Morgan fingerprint density at radius 1 is 0.714 bits per heavy atom. The number of rotatable bonds is 1. The van der Waals surface area contributed by atoms with Gasteiger partial charge in [0.25, 0.3) is 0 Å². The van der Waals surface area contributed by atoms with Crippen molar-refractivity contribution in [3.05, 3.63) is 0 Å². The largest absolute Gasteiger partial charge is 0.440 e. The van der Waals surface area contributed by atoms with Crippen LogP contribution in [0.2, 0.25) is 0 Å². The third-order valence-corrected chi connectivity index (χ3v) is 2.25. The monoisotopic (exact) mass is 295 g/mol. The first-order valence-corrected chi connectivity index (χ1v) is 3.53. The SMILES string of the molecule is NC(F)(C(F)(F)F)C(F)(Br)C(F)(F)F. The first-order valence-electron chi connectivity index (χ1n) is 2.74. The maximum Gasteiger partial charge on any atom is 0.440 e. The smallest absolute Gasteiger partial charge is 0.287 e. The molecule has 0 amide bonds. The van der Waals surface area contributed by atoms with Crippen LogP contribution in [0.3, 0.4) is 0 Å². The van der Waals surface area contributed by atoms with Gasteiger partial charge in [-0.25, -0.2) is 8.78 Å². The van der Waals surface area contributed by atoms with Gasteiger partial charge in [0, 0.05) is 0 Å². The zero-order valence-electron chi connectivity index (χ0n) is 5.98. The summed E-state index contributed by atoms with van der Waals surface area (Å²) in [5.41, 5.74) is 3.62. The Morgan fingerprint density at radius 3 is 1.07 bits per heavy atom. The van der Waals surface area contributed by atoms with Crippen LogP contribution in [0, 0.1) is 0 Å². The molecule has 0 rings (SSSR count). The second-order valence-electron chi connectivity index (χ2n) is 2.28. The molecular weight excluding hydrogens is 294 g/mol. The molecule has 0 heterocycles. The highest BCUT2D eigenvalue weighted by Crippen LogP contribution is 2.52. The number of hydrogen-bond acceptors (Lipinski definition) is 1. The predicted octanol–water partition coefficient (Wildman–Crippen LogP) is 2.80. The molecule has 0 aromatic heterocycles. The first-order chi connectivity index (χ1) is 5.75. The highest BCUT2D eigenvalue weighted by Gasteiger charge is 2.77. The van der Waals surface area contributed by atoms with E-state index in [1.54, 1.807) is 0 Å². The van der Waals surface area contributed by atoms with Gasteiger partial charge in [0.15, 0.2) is 0 Å². The molecule has 0 spiro atoms. The second-order valence-corrected chi connectivity index (χ2v) is 3.37. The molecule has 2 N–H and O–H groups in total. The normalized spacial score (nSPS) is 22.7. The Bertz CT molecular complexity index is 190. The molecular formula is C4H2BrF8N. The van der Waals surface area contributed by atoms with Gasteiger partial charge in [0.2, 0.25) is 0 Å². The second kappa shape index (κ2) is 3.19. The van der Waals surface area contributed by atoms with Crippen LogP contribution in [0.15, 0.2) is 0 Å². The minimum absolute atomic E-state index is 0.948. The molecule has 14 heavy (non-hydrogen) atoms. The third kappa shape index (κ3) is 1.95. The van der Waals surface area contributed by atoms with E-state index in [4.69, 9.17) is 0 Å². The van der Waals surface area contributed by atoms with E-state index >= 15 is 0 Å². The van der Waals surface area contributed by atoms with Crippen LogP contribution in [0.1, 0.15) is 0 Å². The quantitative estimate of drug-likeness (QED) is 0.449. The Balaban J connectivity index is 5.30. The van der Waals surface area contributed by atoms with Crippen LogP contribution in [-0.2, 0) is 0 Å². The van der Waals surface area contributed by atoms with Crippen molar-refractivity contribution in [2.24, 2.45) is 5.73 Å². The van der Waals surface area contributed by atoms with Crippen molar-refractivity contribution in [2.75, 3.05) is 0 Å². The van der Waals surface area contributed by atoms with Crippen LogP contribution in [0.5, 0.6) is 0 Å². The van der Waals surface area contributed by atoms with E-state index in [1.807, 2.05) is 0 Å². The highest BCUT2D eigenvalue weighted by molar-refractivity contribution is 9.10. The van der Waals surface area contributed by atoms with Crippen molar-refractivity contribution < 1.29 is 35.1 Å². The van der Waals surface area contributed by atoms with Gasteiger partial charge < -0.3 is 0 Å². The third-order valence-electron chi connectivity index (χ3n) is 1.23. The number of halogens is 9. The summed E-state index contributed by atoms with van der Waals surface area (Å²) in [4.78, 5) is 0. The topological polar surface area (TPSA) is 26.0 Å². The Kier molecular flexibility index (Phi) is 3.16. The van der Waals surface area contributed by atoms with Gasteiger partial charge in [-0.15, -0.1) is 0 Å². The summed E-state index contributed by atoms with van der Waals surface area (Å²) < 4.78 is 89.1. The molecule has 10 heteroatoms. The van der Waals surface area contributed by atoms with E-state index in [0.717, 1.165) is 15.9 Å². The van der Waals surface area contributed by atoms with E-state index in [-0.39, 0.29) is 0 Å². The molecule has 0 aliphatic carbocycles. The Morgan fingerprint density at radius 2 is 1.00 bits per heavy atom. The number of nitrogens with two attached hydrogens (primary N) is 1. The molecule has 0 saturated carbocycles. The lowest BCUT2D eigenvalue weighted by Crippen LogP contribution is -2.66. The molecule has 0 saturated heterocycles. The van der Waals surface area contributed by atoms with E-state index < -0.39 is 22.7 Å². The van der Waals surface area contributed by atoms with E-state index in [2.05, 4.69) is 5.73 Å². The molecule has 0 aromatic rings. The summed E-state index contributed by atoms with van der Waals surface area (Å²) in [6.07, 6.45) is -12.3. The van der Waals surface area contributed by atoms with Crippen molar-refractivity contribution in [1.29, 1.82) is 0 Å². The summed E-state index contributed by atoms with van der Waals surface area (Å²) in [6, 6.07) is 0. The van der Waals surface area contributed by atoms with Crippen LogP contribution in [0.25, 0.3) is 0 Å². The maximum absolute atomic E-state index is 12.4. The molecule has 0 aliphatic rings. The van der Waals surface area contributed by atoms with Crippen molar-refractivity contribution in [3.63, 3.8) is 0 Å². The minimum atomic E-state index is -6.19. The molecule has 0 aliphatic heterocycles. The van der Waals surface area contributed by atoms with E-state index in [1.165, 1.54) is 0 Å². The van der Waals surface area contributed by atoms with Gasteiger partial charge in [-0.3, -0.25) is 5.73 Å². The lowest BCUT2D eigenvalue weighted by atomic mass is 10.1. The van der Waals surface area contributed by atoms with Crippen LogP contribution in [-0.4, -0.2) is 22.7 Å². The minimum Gasteiger partial charge on any atom is -0.287 e. The average molecular weight is 296 g/mol. The molecule has 0 fully saturated rings. The van der Waals surface area contributed by atoms with Gasteiger partial charge in [-0.2, -0.15) is 26.3 Å². The standard InChI is InChI=1S/C4H2BrF8N/c5-1(6,3(8,9)10)2(7,14)4(11,12)13/h14H2. The van der Waals surface area contributed by atoms with E-state index in [9.17, 15) is 35.1 Å². The number of hydrogen-bond donors (Lipinski definition) is 1. The molecule has 2 unspecified atom stereocenters. The van der Waals surface area contributed by atoms with Gasteiger partial charge in [-0.1, -0.05) is 0 Å². The van der Waals surface area contributed by atoms with Crippen molar-refractivity contribution in [2.45, 2.75) is 22.7 Å². The lowest BCUT2D eigenvalue weighted by Gasteiger charge is -2.34. The first kappa shape index (κ1) is 13.9. The van der Waals surface area contributed by atoms with Crippen molar-refractivity contribution in [3.8, 4) is 0 Å². The molecule has 2 atom stereocenters. The molecule has 1 nitrogen and oxygen atoms in total. The van der Waals surface area contributed by atoms with Crippen LogP contribution in [0.4, 0.5) is 35.1 Å². The fourth-order valence-electron chi connectivity index (χ4n) is 0.384. The van der Waals surface area contributed by atoms with Crippen LogP contribution >= 0.6 is 15.9 Å². The van der Waals surface area contributed by atoms with Gasteiger partial charge in [0.05, 0.1) is 0 Å². The summed E-state index contributed by atoms with van der Waals surface area (Å²) in [6.45, 7) is 0. The molecule has 0 bridgehead atoms. The summed E-state index contributed by atoms with van der Waals surface area (Å²) in [5.74, 6) is -5.56. The molecule has 86 valence electrons. The number of alkyl halides is 9. The Hall–Kier alpha value is -0.120. The summed E-state index contributed by atoms with van der Waals surface area (Å²) >= 11 is 0.948. The van der Waals surface area contributed by atoms with Gasteiger partial charge in [-0.05, 0) is 15.9 Å². The summed E-state index contributed by atoms with van der Waals surface area (Å²) in [5, 5.41) is 0. The van der Waals surface area contributed by atoms with Crippen molar-refractivity contribution >= 4 is 15.9 Å². The Labute approximate surface area is 80.4 Å². The lowest BCUT2D eigenvalue weighted by molar-refractivity contribution is -0.309. The zero-order valence-corrected chi connectivity index (χ0v) is 7.57. The average Bonchev–Trinajstić information content (AvgIpc) is 1.81. The molecule has 0 aromatic carbocycles. The molecule has 0 radical (unpaired) electrons. The van der Waals surface area contributed by atoms with Gasteiger partial charge in [0.1, 0.15) is 0 Å². The fraction of sp³-hybridized carbons (Fsp3) is 1.00. The maximum atomic E-state index is 12.4. The fourth-order valence-corrected chi connectivity index (χ4v) is 0.609. The van der Waals surface area contributed by atoms with Crippen molar-refractivity contribution in [1.82, 2.24) is 0 Å². The zero-order chi connectivity index (χ0) is 12.0.